The molecule has 5 rings (SSSR count). The van der Waals surface area contributed by atoms with E-state index in [1.807, 2.05) is 49.4 Å². The normalized spacial score (nSPS) is 17.9. The number of aryl methyl sites for hydroxylation is 1. The third kappa shape index (κ3) is 5.47. The number of β-amino-alcohol motifs (C(OH)–C–C–N with tert-alkyl or cyclic N) is 1. The number of thiocarbonyl (C=S) groups is 1. The lowest BCUT2D eigenvalue weighted by atomic mass is 10.1. The molecule has 37 heavy (non-hydrogen) atoms. The molecule has 1 aromatic carbocycles. The third-order valence-corrected chi connectivity index (χ3v) is 8.07. The first kappa shape index (κ1) is 25.6. The lowest BCUT2D eigenvalue weighted by Gasteiger charge is -2.35. The van der Waals surface area contributed by atoms with Gasteiger partial charge in [0, 0.05) is 45.5 Å². The van der Waals surface area contributed by atoms with Crippen LogP contribution >= 0.6 is 24.0 Å². The Labute approximate surface area is 225 Å². The Morgan fingerprint density at radius 1 is 1.05 bits per heavy atom. The Bertz CT molecular complexity index is 1410. The topological polar surface area (TPSA) is 81.4 Å². The van der Waals surface area contributed by atoms with Gasteiger partial charge < -0.3 is 10.0 Å². The second kappa shape index (κ2) is 11.1. The number of aromatic nitrogens is 2. The van der Waals surface area contributed by atoms with Gasteiger partial charge in [-0.05, 0) is 36.6 Å². The number of carbonyl (C=O) groups excluding carboxylic acids is 1. The van der Waals surface area contributed by atoms with Crippen molar-refractivity contribution in [2.75, 3.05) is 50.8 Å². The summed E-state index contributed by atoms with van der Waals surface area (Å²) < 4.78 is 2.04. The van der Waals surface area contributed by atoms with Crippen LogP contribution in [0.1, 0.15) is 16.7 Å². The minimum Gasteiger partial charge on any atom is -0.395 e. The molecule has 0 spiro atoms. The van der Waals surface area contributed by atoms with Gasteiger partial charge in [0.1, 0.15) is 15.8 Å². The van der Waals surface area contributed by atoms with Gasteiger partial charge >= 0.3 is 0 Å². The highest BCUT2D eigenvalue weighted by atomic mass is 32.2. The molecule has 0 bridgehead atoms. The van der Waals surface area contributed by atoms with Gasteiger partial charge in [-0.3, -0.25) is 23.8 Å². The molecule has 3 aromatic rings. The van der Waals surface area contributed by atoms with Crippen LogP contribution in [0.5, 0.6) is 0 Å². The first-order valence-corrected chi connectivity index (χ1v) is 13.6. The molecule has 2 aromatic heterocycles. The van der Waals surface area contributed by atoms with E-state index in [1.165, 1.54) is 11.8 Å². The smallest absolute Gasteiger partial charge is 0.267 e. The van der Waals surface area contributed by atoms with Crippen molar-refractivity contribution in [1.82, 2.24) is 19.2 Å². The highest BCUT2D eigenvalue weighted by molar-refractivity contribution is 8.26. The van der Waals surface area contributed by atoms with Gasteiger partial charge in [-0.1, -0.05) is 60.4 Å². The van der Waals surface area contributed by atoms with Crippen LogP contribution < -0.4 is 10.5 Å². The number of piperazine rings is 1. The van der Waals surface area contributed by atoms with Gasteiger partial charge in [0.05, 0.1) is 17.1 Å². The summed E-state index contributed by atoms with van der Waals surface area (Å²) in [4.78, 5) is 38.3. The van der Waals surface area contributed by atoms with Crippen molar-refractivity contribution in [2.24, 2.45) is 0 Å². The second-order valence-corrected chi connectivity index (χ2v) is 10.9. The van der Waals surface area contributed by atoms with Crippen LogP contribution in [-0.4, -0.2) is 80.4 Å². The fourth-order valence-corrected chi connectivity index (χ4v) is 5.94. The molecule has 0 aliphatic carbocycles. The summed E-state index contributed by atoms with van der Waals surface area (Å²) >= 11 is 6.77. The molecule has 0 atom stereocenters. The summed E-state index contributed by atoms with van der Waals surface area (Å²) in [5.74, 6) is 0.394. The number of nitrogens with zero attached hydrogens (tertiary/aromatic N) is 5. The minimum absolute atomic E-state index is 0.117. The molecular formula is C27H29N5O3S2. The molecule has 192 valence electrons. The van der Waals surface area contributed by atoms with Gasteiger partial charge in [-0.2, -0.15) is 0 Å². The van der Waals surface area contributed by atoms with Crippen LogP contribution in [0.4, 0.5) is 5.82 Å². The highest BCUT2D eigenvalue weighted by Gasteiger charge is 2.33. The van der Waals surface area contributed by atoms with E-state index in [0.717, 1.165) is 24.2 Å². The average Bonchev–Trinajstić information content (AvgIpc) is 3.17. The lowest BCUT2D eigenvalue weighted by Crippen LogP contribution is -2.48. The van der Waals surface area contributed by atoms with E-state index < -0.39 is 0 Å². The van der Waals surface area contributed by atoms with Gasteiger partial charge in [-0.25, -0.2) is 4.98 Å². The number of hydrogen-bond donors (Lipinski definition) is 1. The number of pyridine rings is 1. The number of benzene rings is 1. The molecule has 0 saturated carbocycles. The number of fused-ring (bicyclic) bond motifs is 1. The molecule has 1 N–H and O–H groups in total. The number of anilines is 1. The maximum Gasteiger partial charge on any atom is 0.267 e. The Morgan fingerprint density at radius 3 is 2.54 bits per heavy atom. The summed E-state index contributed by atoms with van der Waals surface area (Å²) in [6.45, 7) is 6.02. The van der Waals surface area contributed by atoms with E-state index >= 15 is 0 Å². The quantitative estimate of drug-likeness (QED) is 0.365. The maximum absolute atomic E-state index is 13.7. The number of thioether (sulfide) groups is 1. The number of aliphatic hydroxyl groups is 1. The Balaban J connectivity index is 1.48. The predicted octanol–water partition coefficient (Wildman–Crippen LogP) is 2.56. The summed E-state index contributed by atoms with van der Waals surface area (Å²) in [5.41, 5.74) is 2.82. The molecule has 2 aliphatic rings. The van der Waals surface area contributed by atoms with E-state index in [1.54, 1.807) is 21.6 Å². The van der Waals surface area contributed by atoms with E-state index in [-0.39, 0.29) is 18.1 Å². The molecule has 0 unspecified atom stereocenters. The average molecular weight is 536 g/mol. The van der Waals surface area contributed by atoms with Crippen molar-refractivity contribution in [1.29, 1.82) is 0 Å². The Hall–Kier alpha value is -3.05. The van der Waals surface area contributed by atoms with Crippen molar-refractivity contribution < 1.29 is 9.90 Å². The van der Waals surface area contributed by atoms with Crippen LogP contribution in [-0.2, 0) is 11.2 Å². The fourth-order valence-electron chi connectivity index (χ4n) is 4.65. The zero-order chi connectivity index (χ0) is 25.9. The minimum atomic E-state index is -0.212. The molecule has 0 radical (unpaired) electrons. The Morgan fingerprint density at radius 2 is 1.81 bits per heavy atom. The first-order valence-electron chi connectivity index (χ1n) is 12.3. The number of aliphatic hydroxyl groups excluding tert-OH is 1. The SMILES string of the molecule is Cc1ccc2nc(N3CCN(CCO)CC3)c(/C=C3\SC(=S)N(CCc4ccccc4)C3=O)c(=O)n2c1. The first-order chi connectivity index (χ1) is 17.9. The van der Waals surface area contributed by atoms with Crippen LogP contribution in [0.15, 0.2) is 58.4 Å². The summed E-state index contributed by atoms with van der Waals surface area (Å²) in [6.07, 6.45) is 4.14. The number of hydrogen-bond acceptors (Lipinski definition) is 8. The number of amides is 1. The zero-order valence-electron chi connectivity index (χ0n) is 20.7. The molecular weight excluding hydrogens is 506 g/mol. The van der Waals surface area contributed by atoms with Crippen molar-refractivity contribution in [3.8, 4) is 0 Å². The summed E-state index contributed by atoms with van der Waals surface area (Å²) in [5, 5.41) is 9.28. The molecule has 4 heterocycles. The molecule has 2 saturated heterocycles. The van der Waals surface area contributed by atoms with E-state index in [2.05, 4.69) is 9.80 Å². The standard InChI is InChI=1S/C27H29N5O3S2/c1-19-7-8-23-28-24(30-13-11-29(12-14-30)15-16-33)21(25(34)32(23)18-19)17-22-26(35)31(27(36)37-22)10-9-20-5-3-2-4-6-20/h2-8,17-18,33H,9-16H2,1H3/b22-17-. The molecule has 2 fully saturated rings. The number of carbonyl (C=O) groups is 1. The largest absolute Gasteiger partial charge is 0.395 e. The van der Waals surface area contributed by atoms with Crippen LogP contribution in [0.2, 0.25) is 0 Å². The zero-order valence-corrected chi connectivity index (χ0v) is 22.3. The van der Waals surface area contributed by atoms with Gasteiger partial charge in [0.25, 0.3) is 11.5 Å². The summed E-state index contributed by atoms with van der Waals surface area (Å²) in [6, 6.07) is 13.8. The van der Waals surface area contributed by atoms with E-state index in [4.69, 9.17) is 17.2 Å². The lowest BCUT2D eigenvalue weighted by molar-refractivity contribution is -0.122. The third-order valence-electron chi connectivity index (χ3n) is 6.69. The summed E-state index contributed by atoms with van der Waals surface area (Å²) in [7, 11) is 0. The maximum atomic E-state index is 13.7. The molecule has 1 amide bonds. The van der Waals surface area contributed by atoms with Crippen molar-refractivity contribution >= 4 is 51.7 Å². The van der Waals surface area contributed by atoms with Crippen LogP contribution in [0, 0.1) is 6.92 Å². The molecule has 8 nitrogen and oxygen atoms in total. The molecule has 2 aliphatic heterocycles. The fraction of sp³-hybridized carbons (Fsp3) is 0.333. The van der Waals surface area contributed by atoms with Crippen molar-refractivity contribution in [3.05, 3.63) is 80.6 Å². The Kier molecular flexibility index (Phi) is 7.71. The van der Waals surface area contributed by atoms with E-state index in [0.29, 0.717) is 58.9 Å². The van der Waals surface area contributed by atoms with Crippen LogP contribution in [0.25, 0.3) is 11.7 Å². The van der Waals surface area contributed by atoms with Crippen molar-refractivity contribution in [3.63, 3.8) is 0 Å². The second-order valence-electron chi connectivity index (χ2n) is 9.21. The predicted molar refractivity (Wildman–Crippen MR) is 152 cm³/mol. The van der Waals surface area contributed by atoms with Gasteiger partial charge in [-0.15, -0.1) is 0 Å². The van der Waals surface area contributed by atoms with Gasteiger partial charge in [0.15, 0.2) is 0 Å². The molecule has 10 heteroatoms. The van der Waals surface area contributed by atoms with E-state index in [9.17, 15) is 14.7 Å². The highest BCUT2D eigenvalue weighted by Crippen LogP contribution is 2.33. The van der Waals surface area contributed by atoms with Crippen LogP contribution in [0.3, 0.4) is 0 Å². The number of rotatable bonds is 7. The monoisotopic (exact) mass is 535 g/mol. The van der Waals surface area contributed by atoms with Gasteiger partial charge in [0.2, 0.25) is 0 Å². The van der Waals surface area contributed by atoms with Crippen molar-refractivity contribution in [2.45, 2.75) is 13.3 Å².